The molecule has 0 aliphatic carbocycles. The number of hydrogen-bond acceptors (Lipinski definition) is 4. The van der Waals surface area contributed by atoms with Crippen molar-refractivity contribution < 1.29 is 17.9 Å². The number of carbonyl (C=O) groups is 1. The van der Waals surface area contributed by atoms with E-state index in [-0.39, 0.29) is 11.5 Å². The van der Waals surface area contributed by atoms with Crippen molar-refractivity contribution in [3.05, 3.63) is 21.1 Å². The fourth-order valence-electron chi connectivity index (χ4n) is 1.11. The monoisotopic (exact) mass is 433 g/mol. The van der Waals surface area contributed by atoms with E-state index in [1.54, 1.807) is 6.92 Å². The number of ether oxygens (including phenoxy) is 1. The van der Waals surface area contributed by atoms with Crippen molar-refractivity contribution in [2.24, 2.45) is 11.7 Å². The lowest BCUT2D eigenvalue weighted by molar-refractivity contribution is -0.122. The quantitative estimate of drug-likeness (QED) is 0.721. The van der Waals surface area contributed by atoms with E-state index in [9.17, 15) is 13.2 Å². The van der Waals surface area contributed by atoms with Crippen LogP contribution in [0, 0.1) is 5.92 Å². The van der Waals surface area contributed by atoms with Crippen LogP contribution < -0.4 is 10.5 Å². The third-order valence-electron chi connectivity index (χ3n) is 2.22. The Labute approximate surface area is 132 Å². The number of carbonyl (C=O) groups excluding carboxylic acids is 1. The Hall–Kier alpha value is -0.310. The van der Waals surface area contributed by atoms with Crippen LogP contribution in [0.25, 0.3) is 0 Å². The molecule has 0 radical (unpaired) electrons. The van der Waals surface area contributed by atoms with E-state index in [1.165, 1.54) is 12.1 Å². The van der Waals surface area contributed by atoms with Gasteiger partial charge in [0.25, 0.3) is 9.05 Å². The van der Waals surface area contributed by atoms with Crippen LogP contribution in [0.1, 0.15) is 6.92 Å². The number of halogens is 3. The summed E-state index contributed by atoms with van der Waals surface area (Å²) in [6.45, 7) is 1.71. The second-order valence-electron chi connectivity index (χ2n) is 3.77. The largest absolute Gasteiger partial charge is 0.490 e. The van der Waals surface area contributed by atoms with E-state index >= 15 is 0 Å². The van der Waals surface area contributed by atoms with E-state index < -0.39 is 20.9 Å². The molecule has 0 fully saturated rings. The molecule has 0 spiro atoms. The van der Waals surface area contributed by atoms with Crippen molar-refractivity contribution in [1.29, 1.82) is 0 Å². The lowest BCUT2D eigenvalue weighted by Crippen LogP contribution is -2.25. The first kappa shape index (κ1) is 16.7. The van der Waals surface area contributed by atoms with Crippen LogP contribution >= 0.6 is 42.5 Å². The van der Waals surface area contributed by atoms with Gasteiger partial charge in [-0.2, -0.15) is 0 Å². The van der Waals surface area contributed by atoms with Crippen LogP contribution in [-0.2, 0) is 13.8 Å². The Balaban J connectivity index is 3.02. The van der Waals surface area contributed by atoms with Gasteiger partial charge in [0.2, 0.25) is 5.91 Å². The molecule has 1 unspecified atom stereocenters. The molecule has 0 aromatic heterocycles. The molecule has 0 saturated carbocycles. The Morgan fingerprint density at radius 3 is 2.26 bits per heavy atom. The molecule has 106 valence electrons. The lowest BCUT2D eigenvalue weighted by atomic mass is 10.2. The summed E-state index contributed by atoms with van der Waals surface area (Å²) < 4.78 is 28.7. The predicted octanol–water partition coefficient (Wildman–Crippen LogP) is 2.64. The standard InChI is InChI=1S/C10H10Br2ClNO4S/c1-5(10(14)15)4-18-9-7(11)2-6(3-8(9)12)19(13,16)17/h2-3,5H,4H2,1H3,(H2,14,15). The second kappa shape index (κ2) is 6.43. The number of nitrogens with two attached hydrogens (primary N) is 1. The van der Waals surface area contributed by atoms with Gasteiger partial charge in [-0.3, -0.25) is 4.79 Å². The van der Waals surface area contributed by atoms with Gasteiger partial charge in [0.1, 0.15) is 5.75 Å². The number of hydrogen-bond donors (Lipinski definition) is 1. The molecule has 19 heavy (non-hydrogen) atoms. The molecule has 1 atom stereocenters. The van der Waals surface area contributed by atoms with E-state index in [4.69, 9.17) is 21.2 Å². The zero-order chi connectivity index (χ0) is 14.8. The second-order valence-corrected chi connectivity index (χ2v) is 8.04. The van der Waals surface area contributed by atoms with Gasteiger partial charge in [-0.1, -0.05) is 6.92 Å². The van der Waals surface area contributed by atoms with Gasteiger partial charge in [0, 0.05) is 10.7 Å². The molecule has 1 aromatic carbocycles. The summed E-state index contributed by atoms with van der Waals surface area (Å²) in [7, 11) is 1.43. The number of primary amides is 1. The SMILES string of the molecule is CC(COc1c(Br)cc(S(=O)(=O)Cl)cc1Br)C(N)=O. The maximum atomic E-state index is 11.2. The summed E-state index contributed by atoms with van der Waals surface area (Å²) >= 11 is 6.37. The Bertz CT molecular complexity index is 583. The third kappa shape index (κ3) is 4.62. The van der Waals surface area contributed by atoms with Gasteiger partial charge in [-0.15, -0.1) is 0 Å². The van der Waals surface area contributed by atoms with Gasteiger partial charge in [-0.05, 0) is 44.0 Å². The van der Waals surface area contributed by atoms with Gasteiger partial charge in [0.05, 0.1) is 26.4 Å². The number of amides is 1. The lowest BCUT2D eigenvalue weighted by Gasteiger charge is -2.13. The van der Waals surface area contributed by atoms with Crippen molar-refractivity contribution in [1.82, 2.24) is 0 Å². The van der Waals surface area contributed by atoms with E-state index in [1.807, 2.05) is 0 Å². The first-order valence-electron chi connectivity index (χ1n) is 4.98. The van der Waals surface area contributed by atoms with Crippen molar-refractivity contribution in [2.45, 2.75) is 11.8 Å². The van der Waals surface area contributed by atoms with Crippen molar-refractivity contribution in [3.8, 4) is 5.75 Å². The molecule has 0 saturated heterocycles. The molecule has 1 rings (SSSR count). The molecule has 1 aromatic rings. The van der Waals surface area contributed by atoms with Crippen LogP contribution in [0.3, 0.4) is 0 Å². The third-order valence-corrected chi connectivity index (χ3v) is 4.73. The van der Waals surface area contributed by atoms with Gasteiger partial charge in [0.15, 0.2) is 0 Å². The summed E-state index contributed by atoms with van der Waals surface area (Å²) in [5, 5.41) is 0. The minimum Gasteiger partial charge on any atom is -0.490 e. The van der Waals surface area contributed by atoms with Crippen molar-refractivity contribution >= 4 is 57.5 Å². The molecule has 0 aliphatic rings. The van der Waals surface area contributed by atoms with Crippen LogP contribution in [-0.4, -0.2) is 20.9 Å². The Morgan fingerprint density at radius 2 is 1.89 bits per heavy atom. The average Bonchev–Trinajstić information content (AvgIpc) is 2.25. The Morgan fingerprint density at radius 1 is 1.42 bits per heavy atom. The zero-order valence-electron chi connectivity index (χ0n) is 9.69. The van der Waals surface area contributed by atoms with Gasteiger partial charge >= 0.3 is 0 Å². The molecule has 9 heteroatoms. The summed E-state index contributed by atoms with van der Waals surface area (Å²) in [5.41, 5.74) is 5.12. The molecular weight excluding hydrogens is 425 g/mol. The van der Waals surface area contributed by atoms with E-state index in [0.717, 1.165) is 0 Å². The van der Waals surface area contributed by atoms with Crippen molar-refractivity contribution in [2.75, 3.05) is 6.61 Å². The summed E-state index contributed by atoms with van der Waals surface area (Å²) in [6, 6.07) is 2.63. The van der Waals surface area contributed by atoms with Crippen LogP contribution in [0.2, 0.25) is 0 Å². The highest BCUT2D eigenvalue weighted by Gasteiger charge is 2.18. The minimum atomic E-state index is -3.83. The number of benzene rings is 1. The summed E-state index contributed by atoms with van der Waals surface area (Å²) in [5.74, 6) is -0.570. The summed E-state index contributed by atoms with van der Waals surface area (Å²) in [4.78, 5) is 10.8. The van der Waals surface area contributed by atoms with E-state index in [0.29, 0.717) is 14.7 Å². The average molecular weight is 436 g/mol. The fourth-order valence-corrected chi connectivity index (χ4v) is 3.61. The molecule has 0 heterocycles. The molecule has 5 nitrogen and oxygen atoms in total. The molecular formula is C10H10Br2ClNO4S. The van der Waals surface area contributed by atoms with E-state index in [2.05, 4.69) is 31.9 Å². The minimum absolute atomic E-state index is 0.0665. The zero-order valence-corrected chi connectivity index (χ0v) is 14.4. The molecule has 0 aliphatic heterocycles. The first-order chi connectivity index (χ1) is 8.62. The van der Waals surface area contributed by atoms with Gasteiger partial charge in [-0.25, -0.2) is 8.42 Å². The molecule has 1 amide bonds. The normalized spacial score (nSPS) is 13.1. The highest BCUT2D eigenvalue weighted by atomic mass is 79.9. The van der Waals surface area contributed by atoms with Gasteiger partial charge < -0.3 is 10.5 Å². The Kier molecular flexibility index (Phi) is 5.66. The topological polar surface area (TPSA) is 86.5 Å². The maximum Gasteiger partial charge on any atom is 0.261 e. The van der Waals surface area contributed by atoms with Crippen LogP contribution in [0.5, 0.6) is 5.75 Å². The fraction of sp³-hybridized carbons (Fsp3) is 0.300. The summed E-state index contributed by atoms with van der Waals surface area (Å²) in [6.07, 6.45) is 0. The highest BCUT2D eigenvalue weighted by molar-refractivity contribution is 9.11. The maximum absolute atomic E-state index is 11.2. The highest BCUT2D eigenvalue weighted by Crippen LogP contribution is 2.37. The van der Waals surface area contributed by atoms with Crippen LogP contribution in [0.15, 0.2) is 26.0 Å². The van der Waals surface area contributed by atoms with Crippen molar-refractivity contribution in [3.63, 3.8) is 0 Å². The van der Waals surface area contributed by atoms with Crippen LogP contribution in [0.4, 0.5) is 0 Å². The first-order valence-corrected chi connectivity index (χ1v) is 8.88. The molecule has 2 N–H and O–H groups in total. The predicted molar refractivity (Wildman–Crippen MR) is 78.7 cm³/mol. The molecule has 0 bridgehead atoms. The smallest absolute Gasteiger partial charge is 0.261 e. The number of rotatable bonds is 5.